The molecule has 0 heterocycles. The first-order valence-corrected chi connectivity index (χ1v) is 9.48. The predicted molar refractivity (Wildman–Crippen MR) is 104 cm³/mol. The SMILES string of the molecule is CC(C)CCNC(N)=NCc1cccc(NC(=O)C2CCCCC2)c1. The zero-order valence-electron chi connectivity index (χ0n) is 15.6. The van der Waals surface area contributed by atoms with Crippen LogP contribution in [0, 0.1) is 11.8 Å². The predicted octanol–water partition coefficient (Wildman–Crippen LogP) is 3.66. The lowest BCUT2D eigenvalue weighted by Gasteiger charge is -2.20. The summed E-state index contributed by atoms with van der Waals surface area (Å²) in [4.78, 5) is 16.7. The van der Waals surface area contributed by atoms with E-state index < -0.39 is 0 Å². The van der Waals surface area contributed by atoms with Gasteiger partial charge in [0, 0.05) is 18.2 Å². The number of guanidine groups is 1. The summed E-state index contributed by atoms with van der Waals surface area (Å²) < 4.78 is 0. The van der Waals surface area contributed by atoms with E-state index in [0.717, 1.165) is 49.9 Å². The molecule has 1 aromatic rings. The molecule has 0 aliphatic heterocycles. The third-order valence-corrected chi connectivity index (χ3v) is 4.63. The Morgan fingerprint density at radius 3 is 2.76 bits per heavy atom. The van der Waals surface area contributed by atoms with Crippen LogP contribution in [-0.2, 0) is 11.3 Å². The summed E-state index contributed by atoms with van der Waals surface area (Å²) in [6.07, 6.45) is 6.66. The second-order valence-corrected chi connectivity index (χ2v) is 7.34. The van der Waals surface area contributed by atoms with Gasteiger partial charge in [-0.05, 0) is 42.9 Å². The lowest BCUT2D eigenvalue weighted by Crippen LogP contribution is -2.32. The number of nitrogens with zero attached hydrogens (tertiary/aromatic N) is 1. The molecular formula is C20H32N4O. The number of rotatable bonds is 7. The van der Waals surface area contributed by atoms with Gasteiger partial charge < -0.3 is 16.4 Å². The molecule has 5 nitrogen and oxygen atoms in total. The van der Waals surface area contributed by atoms with Crippen molar-refractivity contribution >= 4 is 17.6 Å². The van der Waals surface area contributed by atoms with Gasteiger partial charge in [0.2, 0.25) is 5.91 Å². The number of carbonyl (C=O) groups is 1. The smallest absolute Gasteiger partial charge is 0.227 e. The largest absolute Gasteiger partial charge is 0.370 e. The van der Waals surface area contributed by atoms with Crippen LogP contribution in [0.1, 0.15) is 57.9 Å². The summed E-state index contributed by atoms with van der Waals surface area (Å²) in [5, 5.41) is 6.18. The van der Waals surface area contributed by atoms with Crippen LogP contribution < -0.4 is 16.4 Å². The number of hydrogen-bond donors (Lipinski definition) is 3. The van der Waals surface area contributed by atoms with Crippen molar-refractivity contribution in [2.45, 2.75) is 58.9 Å². The molecule has 0 unspecified atom stereocenters. The average molecular weight is 345 g/mol. The van der Waals surface area contributed by atoms with E-state index in [1.165, 1.54) is 6.42 Å². The molecule has 0 aromatic heterocycles. The maximum Gasteiger partial charge on any atom is 0.227 e. The number of carbonyl (C=O) groups excluding carboxylic acids is 1. The molecule has 1 amide bonds. The van der Waals surface area contributed by atoms with Crippen LogP contribution in [0.15, 0.2) is 29.3 Å². The minimum absolute atomic E-state index is 0.148. The number of hydrogen-bond acceptors (Lipinski definition) is 2. The molecule has 1 aliphatic rings. The topological polar surface area (TPSA) is 79.5 Å². The standard InChI is InChI=1S/C20H32N4O/c1-15(2)11-12-22-20(21)23-14-16-7-6-10-18(13-16)24-19(25)17-8-4-3-5-9-17/h6-7,10,13,15,17H,3-5,8-9,11-12,14H2,1-2H3,(H,24,25)(H3,21,22,23). The molecule has 138 valence electrons. The molecule has 1 fully saturated rings. The Bertz CT molecular complexity index is 577. The van der Waals surface area contributed by atoms with Gasteiger partial charge in [-0.3, -0.25) is 4.79 Å². The minimum atomic E-state index is 0.148. The van der Waals surface area contributed by atoms with Crippen molar-refractivity contribution in [3.63, 3.8) is 0 Å². The highest BCUT2D eigenvalue weighted by molar-refractivity contribution is 5.92. The highest BCUT2D eigenvalue weighted by Crippen LogP contribution is 2.25. The van der Waals surface area contributed by atoms with E-state index in [0.29, 0.717) is 18.4 Å². The second-order valence-electron chi connectivity index (χ2n) is 7.34. The molecule has 1 aromatic carbocycles. The Labute approximate surface area is 151 Å². The van der Waals surface area contributed by atoms with Crippen molar-refractivity contribution in [2.75, 3.05) is 11.9 Å². The third kappa shape index (κ3) is 7.16. The molecule has 0 atom stereocenters. The monoisotopic (exact) mass is 344 g/mol. The van der Waals surface area contributed by atoms with E-state index in [2.05, 4.69) is 29.5 Å². The molecule has 4 N–H and O–H groups in total. The average Bonchev–Trinajstić information content (AvgIpc) is 2.61. The van der Waals surface area contributed by atoms with Crippen LogP contribution in [0.25, 0.3) is 0 Å². The number of nitrogens with two attached hydrogens (primary N) is 1. The normalized spacial score (nSPS) is 16.0. The van der Waals surface area contributed by atoms with Crippen LogP contribution in [-0.4, -0.2) is 18.4 Å². The zero-order chi connectivity index (χ0) is 18.1. The van der Waals surface area contributed by atoms with E-state index in [1.54, 1.807) is 0 Å². The van der Waals surface area contributed by atoms with E-state index in [9.17, 15) is 4.79 Å². The zero-order valence-corrected chi connectivity index (χ0v) is 15.6. The van der Waals surface area contributed by atoms with Gasteiger partial charge >= 0.3 is 0 Å². The number of anilines is 1. The number of aliphatic imine (C=N–C) groups is 1. The lowest BCUT2D eigenvalue weighted by molar-refractivity contribution is -0.120. The summed E-state index contributed by atoms with van der Waals surface area (Å²) in [6, 6.07) is 7.86. The quantitative estimate of drug-likeness (QED) is 0.522. The fraction of sp³-hybridized carbons (Fsp3) is 0.600. The maximum atomic E-state index is 12.3. The number of amides is 1. The van der Waals surface area contributed by atoms with Crippen LogP contribution in [0.2, 0.25) is 0 Å². The van der Waals surface area contributed by atoms with E-state index in [4.69, 9.17) is 5.73 Å². The first-order valence-electron chi connectivity index (χ1n) is 9.48. The molecule has 0 spiro atoms. The molecule has 25 heavy (non-hydrogen) atoms. The maximum absolute atomic E-state index is 12.3. The fourth-order valence-corrected chi connectivity index (χ4v) is 3.08. The van der Waals surface area contributed by atoms with E-state index in [-0.39, 0.29) is 11.8 Å². The molecule has 0 saturated heterocycles. The summed E-state index contributed by atoms with van der Waals surface area (Å²) >= 11 is 0. The van der Waals surface area contributed by atoms with Gasteiger partial charge in [-0.2, -0.15) is 0 Å². The Morgan fingerprint density at radius 2 is 2.04 bits per heavy atom. The Morgan fingerprint density at radius 1 is 1.28 bits per heavy atom. The molecular weight excluding hydrogens is 312 g/mol. The Hall–Kier alpha value is -2.04. The lowest BCUT2D eigenvalue weighted by atomic mass is 9.88. The van der Waals surface area contributed by atoms with Gasteiger partial charge in [-0.15, -0.1) is 0 Å². The molecule has 5 heteroatoms. The number of benzene rings is 1. The van der Waals surface area contributed by atoms with Gasteiger partial charge in [0.15, 0.2) is 5.96 Å². The Balaban J connectivity index is 1.84. The first kappa shape index (κ1) is 19.3. The minimum Gasteiger partial charge on any atom is -0.370 e. The summed E-state index contributed by atoms with van der Waals surface area (Å²) in [5.74, 6) is 1.42. The molecule has 0 bridgehead atoms. The number of nitrogens with one attached hydrogen (secondary N) is 2. The van der Waals surface area contributed by atoms with E-state index in [1.807, 2.05) is 24.3 Å². The summed E-state index contributed by atoms with van der Waals surface area (Å²) in [7, 11) is 0. The fourth-order valence-electron chi connectivity index (χ4n) is 3.08. The van der Waals surface area contributed by atoms with Gasteiger partial charge in [-0.25, -0.2) is 4.99 Å². The highest BCUT2D eigenvalue weighted by atomic mass is 16.1. The third-order valence-electron chi connectivity index (χ3n) is 4.63. The van der Waals surface area contributed by atoms with Crippen molar-refractivity contribution in [1.29, 1.82) is 0 Å². The van der Waals surface area contributed by atoms with E-state index >= 15 is 0 Å². The molecule has 1 saturated carbocycles. The van der Waals surface area contributed by atoms with Crippen molar-refractivity contribution in [3.8, 4) is 0 Å². The van der Waals surface area contributed by atoms with Gasteiger partial charge in [0.25, 0.3) is 0 Å². The van der Waals surface area contributed by atoms with Crippen molar-refractivity contribution in [1.82, 2.24) is 5.32 Å². The summed E-state index contributed by atoms with van der Waals surface area (Å²) in [6.45, 7) is 5.71. The molecule has 0 radical (unpaired) electrons. The van der Waals surface area contributed by atoms with Gasteiger partial charge in [-0.1, -0.05) is 45.2 Å². The van der Waals surface area contributed by atoms with Crippen LogP contribution in [0.5, 0.6) is 0 Å². The van der Waals surface area contributed by atoms with Crippen LogP contribution in [0.3, 0.4) is 0 Å². The van der Waals surface area contributed by atoms with Crippen molar-refractivity contribution < 1.29 is 4.79 Å². The highest BCUT2D eigenvalue weighted by Gasteiger charge is 2.20. The van der Waals surface area contributed by atoms with Crippen LogP contribution in [0.4, 0.5) is 5.69 Å². The molecule has 2 rings (SSSR count). The molecule has 1 aliphatic carbocycles. The van der Waals surface area contributed by atoms with Crippen molar-refractivity contribution in [2.24, 2.45) is 22.6 Å². The van der Waals surface area contributed by atoms with Crippen molar-refractivity contribution in [3.05, 3.63) is 29.8 Å². The summed E-state index contributed by atoms with van der Waals surface area (Å²) in [5.41, 5.74) is 7.77. The second kappa shape index (κ2) is 10.1. The van der Waals surface area contributed by atoms with Crippen LogP contribution >= 0.6 is 0 Å². The Kier molecular flexibility index (Phi) is 7.76. The first-order chi connectivity index (χ1) is 12.0. The van der Waals surface area contributed by atoms with Gasteiger partial charge in [0.1, 0.15) is 0 Å². The van der Waals surface area contributed by atoms with Gasteiger partial charge in [0.05, 0.1) is 6.54 Å².